The number of hydrazone groups is 1. The molecule has 0 saturated carbocycles. The first-order valence-electron chi connectivity index (χ1n) is 6.79. The second kappa shape index (κ2) is 5.95. The molecule has 1 aromatic rings. The molecule has 2 rings (SSSR count). The summed E-state index contributed by atoms with van der Waals surface area (Å²) in [6, 6.07) is 7.12. The molecule has 6 heteroatoms. The van der Waals surface area contributed by atoms with Crippen LogP contribution in [0.25, 0.3) is 0 Å². The van der Waals surface area contributed by atoms with E-state index < -0.39 is 0 Å². The lowest BCUT2D eigenvalue weighted by Gasteiger charge is -2.21. The van der Waals surface area contributed by atoms with E-state index in [0.717, 1.165) is 5.75 Å². The molecule has 0 aromatic heterocycles. The Kier molecular flexibility index (Phi) is 4.26. The average Bonchev–Trinajstić information content (AvgIpc) is 2.40. The van der Waals surface area contributed by atoms with Crippen molar-refractivity contribution in [1.29, 1.82) is 0 Å². The number of hydrogen-bond donors (Lipinski definition) is 2. The summed E-state index contributed by atoms with van der Waals surface area (Å²) in [6.45, 7) is 5.91. The normalized spacial score (nSPS) is 15.0. The Balaban J connectivity index is 1.97. The quantitative estimate of drug-likeness (QED) is 0.894. The largest absolute Gasteiger partial charge is 0.488 e. The van der Waals surface area contributed by atoms with Gasteiger partial charge >= 0.3 is 0 Å². The monoisotopic (exact) mass is 289 g/mol. The maximum absolute atomic E-state index is 12.0. The summed E-state index contributed by atoms with van der Waals surface area (Å²) >= 11 is 0. The number of rotatable bonds is 3. The molecule has 0 spiro atoms. The number of benzene rings is 1. The van der Waals surface area contributed by atoms with Gasteiger partial charge in [-0.3, -0.25) is 9.59 Å². The highest BCUT2D eigenvalue weighted by Crippen LogP contribution is 2.20. The molecule has 21 heavy (non-hydrogen) atoms. The van der Waals surface area contributed by atoms with E-state index in [1.807, 2.05) is 20.8 Å². The Hall–Kier alpha value is -2.37. The molecule has 112 valence electrons. The van der Waals surface area contributed by atoms with Crippen molar-refractivity contribution in [3.8, 4) is 5.75 Å². The molecule has 0 unspecified atom stereocenters. The van der Waals surface area contributed by atoms with Gasteiger partial charge in [-0.05, 0) is 45.0 Å². The van der Waals surface area contributed by atoms with E-state index >= 15 is 0 Å². The minimum atomic E-state index is -0.306. The standard InChI is InChI=1S/C15H19N3O3/c1-15(2,3)21-11-6-4-10(5-7-11)16-14(20)12-8-9-13(19)18-17-12/h4-7H,8-9H2,1-3H3,(H,16,20)(H,18,19). The zero-order valence-corrected chi connectivity index (χ0v) is 12.4. The molecular weight excluding hydrogens is 270 g/mol. The highest BCUT2D eigenvalue weighted by atomic mass is 16.5. The van der Waals surface area contributed by atoms with Gasteiger partial charge in [-0.25, -0.2) is 5.43 Å². The van der Waals surface area contributed by atoms with E-state index in [2.05, 4.69) is 15.8 Å². The molecule has 2 amide bonds. The number of carbonyl (C=O) groups is 2. The van der Waals surface area contributed by atoms with Gasteiger partial charge in [-0.1, -0.05) is 0 Å². The summed E-state index contributed by atoms with van der Waals surface area (Å²) in [5, 5.41) is 6.49. The fraction of sp³-hybridized carbons (Fsp3) is 0.400. The van der Waals surface area contributed by atoms with Crippen LogP contribution >= 0.6 is 0 Å². The Morgan fingerprint density at radius 3 is 2.43 bits per heavy atom. The number of nitrogens with zero attached hydrogens (tertiary/aromatic N) is 1. The second-order valence-corrected chi connectivity index (χ2v) is 5.79. The molecule has 0 aliphatic carbocycles. The first-order valence-corrected chi connectivity index (χ1v) is 6.79. The zero-order chi connectivity index (χ0) is 15.5. The minimum absolute atomic E-state index is 0.171. The van der Waals surface area contributed by atoms with E-state index in [1.165, 1.54) is 0 Å². The number of carbonyl (C=O) groups excluding carboxylic acids is 2. The van der Waals surface area contributed by atoms with Crippen molar-refractivity contribution < 1.29 is 14.3 Å². The van der Waals surface area contributed by atoms with Gasteiger partial charge in [-0.15, -0.1) is 0 Å². The van der Waals surface area contributed by atoms with Crippen LogP contribution in [0.4, 0.5) is 5.69 Å². The molecule has 6 nitrogen and oxygen atoms in total. The van der Waals surface area contributed by atoms with Crippen LogP contribution in [0.2, 0.25) is 0 Å². The van der Waals surface area contributed by atoms with Crippen molar-refractivity contribution >= 4 is 23.2 Å². The fourth-order valence-electron chi connectivity index (χ4n) is 1.80. The fourth-order valence-corrected chi connectivity index (χ4v) is 1.80. The Morgan fingerprint density at radius 2 is 1.90 bits per heavy atom. The van der Waals surface area contributed by atoms with Crippen LogP contribution in [-0.4, -0.2) is 23.1 Å². The smallest absolute Gasteiger partial charge is 0.271 e. The summed E-state index contributed by atoms with van der Waals surface area (Å²) in [4.78, 5) is 22.9. The van der Waals surface area contributed by atoms with Crippen LogP contribution in [0.1, 0.15) is 33.6 Å². The SMILES string of the molecule is CC(C)(C)Oc1ccc(NC(=O)C2=NNC(=O)CC2)cc1. The van der Waals surface area contributed by atoms with Crippen molar-refractivity contribution in [2.45, 2.75) is 39.2 Å². The van der Waals surface area contributed by atoms with E-state index in [-0.39, 0.29) is 23.8 Å². The third-order valence-electron chi connectivity index (χ3n) is 2.70. The average molecular weight is 289 g/mol. The molecule has 2 N–H and O–H groups in total. The number of ether oxygens (including phenoxy) is 1. The summed E-state index contributed by atoms with van der Waals surface area (Å²) in [6.07, 6.45) is 0.632. The highest BCUT2D eigenvalue weighted by molar-refractivity contribution is 6.43. The van der Waals surface area contributed by atoms with Gasteiger partial charge in [0.2, 0.25) is 5.91 Å². The molecule has 0 saturated heterocycles. The van der Waals surface area contributed by atoms with Crippen LogP contribution < -0.4 is 15.5 Å². The highest BCUT2D eigenvalue weighted by Gasteiger charge is 2.18. The molecule has 1 heterocycles. The molecule has 1 aromatic carbocycles. The van der Waals surface area contributed by atoms with E-state index in [9.17, 15) is 9.59 Å². The van der Waals surface area contributed by atoms with Gasteiger partial charge in [0.15, 0.2) is 0 Å². The van der Waals surface area contributed by atoms with Gasteiger partial charge in [0.25, 0.3) is 5.91 Å². The summed E-state index contributed by atoms with van der Waals surface area (Å²) < 4.78 is 5.71. The van der Waals surface area contributed by atoms with Crippen LogP contribution in [0.3, 0.4) is 0 Å². The lowest BCUT2D eigenvalue weighted by atomic mass is 10.1. The Labute approximate surface area is 123 Å². The van der Waals surface area contributed by atoms with Gasteiger partial charge in [0.1, 0.15) is 17.1 Å². The van der Waals surface area contributed by atoms with Crippen molar-refractivity contribution in [3.63, 3.8) is 0 Å². The minimum Gasteiger partial charge on any atom is -0.488 e. The summed E-state index contributed by atoms with van der Waals surface area (Å²) in [5.41, 5.74) is 3.02. The molecule has 1 aliphatic heterocycles. The number of hydrogen-bond acceptors (Lipinski definition) is 4. The second-order valence-electron chi connectivity index (χ2n) is 5.79. The lowest BCUT2D eigenvalue weighted by Crippen LogP contribution is -2.32. The van der Waals surface area contributed by atoms with Crippen LogP contribution in [0.15, 0.2) is 29.4 Å². The van der Waals surface area contributed by atoms with Gasteiger partial charge in [-0.2, -0.15) is 5.10 Å². The predicted molar refractivity (Wildman–Crippen MR) is 80.3 cm³/mol. The van der Waals surface area contributed by atoms with E-state index in [4.69, 9.17) is 4.74 Å². The molecule has 1 aliphatic rings. The van der Waals surface area contributed by atoms with Crippen molar-refractivity contribution in [2.75, 3.05) is 5.32 Å². The molecule has 0 fully saturated rings. The summed E-state index contributed by atoms with van der Waals surface area (Å²) in [7, 11) is 0. The van der Waals surface area contributed by atoms with Crippen molar-refractivity contribution in [3.05, 3.63) is 24.3 Å². The maximum Gasteiger partial charge on any atom is 0.271 e. The van der Waals surface area contributed by atoms with E-state index in [1.54, 1.807) is 24.3 Å². The summed E-state index contributed by atoms with van der Waals surface area (Å²) in [5.74, 6) is 0.262. The van der Waals surface area contributed by atoms with Gasteiger partial charge < -0.3 is 10.1 Å². The Morgan fingerprint density at radius 1 is 1.24 bits per heavy atom. The number of amides is 2. The first-order chi connectivity index (χ1) is 9.83. The van der Waals surface area contributed by atoms with E-state index in [0.29, 0.717) is 17.8 Å². The number of anilines is 1. The molecule has 0 bridgehead atoms. The van der Waals surface area contributed by atoms with Gasteiger partial charge in [0, 0.05) is 18.5 Å². The molecule has 0 radical (unpaired) electrons. The Bertz CT molecular complexity index is 571. The lowest BCUT2D eigenvalue weighted by molar-refractivity contribution is -0.121. The predicted octanol–water partition coefficient (Wildman–Crippen LogP) is 2.07. The third kappa shape index (κ3) is 4.59. The maximum atomic E-state index is 12.0. The zero-order valence-electron chi connectivity index (χ0n) is 12.4. The number of nitrogens with one attached hydrogen (secondary N) is 2. The first kappa shape index (κ1) is 15.0. The molecular formula is C15H19N3O3. The molecule has 0 atom stereocenters. The third-order valence-corrected chi connectivity index (χ3v) is 2.70. The van der Waals surface area contributed by atoms with Crippen molar-refractivity contribution in [1.82, 2.24) is 5.43 Å². The van der Waals surface area contributed by atoms with Crippen LogP contribution in [-0.2, 0) is 9.59 Å². The van der Waals surface area contributed by atoms with Crippen molar-refractivity contribution in [2.24, 2.45) is 5.10 Å². The van der Waals surface area contributed by atoms with Gasteiger partial charge in [0.05, 0.1) is 0 Å². The topological polar surface area (TPSA) is 79.8 Å². The van der Waals surface area contributed by atoms with Crippen LogP contribution in [0.5, 0.6) is 5.75 Å². The van der Waals surface area contributed by atoms with Crippen LogP contribution in [0, 0.1) is 0 Å².